The van der Waals surface area contributed by atoms with Gasteiger partial charge in [0.15, 0.2) is 26.8 Å². The maximum atomic E-state index is 12.5. The monoisotopic (exact) mass is 764 g/mol. The molecule has 3 rings (SSSR count). The summed E-state index contributed by atoms with van der Waals surface area (Å²) in [6, 6.07) is 5.19. The van der Waals surface area contributed by atoms with E-state index in [1.807, 2.05) is 0 Å². The van der Waals surface area contributed by atoms with Gasteiger partial charge in [-0.15, -0.1) is 5.10 Å². The Morgan fingerprint density at radius 1 is 0.981 bits per heavy atom. The normalized spacial score (nSPS) is 21.2. The van der Waals surface area contributed by atoms with Crippen molar-refractivity contribution in [2.75, 3.05) is 20.3 Å². The lowest BCUT2D eigenvalue weighted by Crippen LogP contribution is -2.60. The molecule has 0 spiro atoms. The smallest absolute Gasteiger partial charge is 0.408 e. The molecule has 1 aromatic carbocycles. The highest BCUT2D eigenvalue weighted by atomic mass is 28.4. The molecule has 0 unspecified atom stereocenters. The van der Waals surface area contributed by atoms with Crippen LogP contribution in [0.3, 0.4) is 0 Å². The fraction of sp³-hybridized carbons (Fsp3) is 0.667. The van der Waals surface area contributed by atoms with Crippen molar-refractivity contribution in [3.63, 3.8) is 0 Å². The Hall–Kier alpha value is -4.06. The van der Waals surface area contributed by atoms with E-state index in [0.717, 1.165) is 5.56 Å². The van der Waals surface area contributed by atoms with E-state index in [0.29, 0.717) is 11.4 Å². The molecular formula is C36H56N4O12Si. The number of methoxy groups -OCH3 is 1. The predicted molar refractivity (Wildman–Crippen MR) is 193 cm³/mol. The SMILES string of the molecule is CCO[C@H]1O[C@H](CO[Si](C)(C)C(C)(C)C)[C@@H](n2cc(COc3ccc(C[C@H](NC(=O)OC(C)(C)C)C(=O)OC)cc3)nn2)[C@H](OC(C)=O)[C@@H]1OC(C)=O. The molecule has 2 aromatic rings. The second kappa shape index (κ2) is 18.3. The average Bonchev–Trinajstić information content (AvgIpc) is 3.51. The summed E-state index contributed by atoms with van der Waals surface area (Å²) in [5, 5.41) is 11.1. The number of benzene rings is 1. The molecule has 1 fully saturated rings. The molecule has 0 radical (unpaired) electrons. The number of rotatable bonds is 15. The molecule has 16 nitrogen and oxygen atoms in total. The molecule has 1 aliphatic rings. The molecule has 1 aliphatic heterocycles. The van der Waals surface area contributed by atoms with Crippen LogP contribution in [0.4, 0.5) is 4.79 Å². The highest BCUT2D eigenvalue weighted by molar-refractivity contribution is 6.74. The van der Waals surface area contributed by atoms with Crippen LogP contribution in [0.5, 0.6) is 5.75 Å². The number of esters is 3. The van der Waals surface area contributed by atoms with Gasteiger partial charge >= 0.3 is 24.0 Å². The van der Waals surface area contributed by atoms with Crippen LogP contribution >= 0.6 is 0 Å². The van der Waals surface area contributed by atoms with E-state index < -0.39 is 74.6 Å². The van der Waals surface area contributed by atoms with E-state index >= 15 is 0 Å². The van der Waals surface area contributed by atoms with Crippen LogP contribution in [0, 0.1) is 0 Å². The van der Waals surface area contributed by atoms with Crippen LogP contribution in [0.1, 0.15) is 79.6 Å². The van der Waals surface area contributed by atoms with Crippen molar-refractivity contribution in [2.45, 2.75) is 136 Å². The van der Waals surface area contributed by atoms with Gasteiger partial charge in [0.1, 0.15) is 41.8 Å². The third-order valence-electron chi connectivity index (χ3n) is 8.76. The number of hydrogen-bond donors (Lipinski definition) is 1. The maximum Gasteiger partial charge on any atom is 0.408 e. The summed E-state index contributed by atoms with van der Waals surface area (Å²) < 4.78 is 47.9. The number of hydrogen-bond acceptors (Lipinski definition) is 14. The van der Waals surface area contributed by atoms with E-state index in [9.17, 15) is 19.2 Å². The summed E-state index contributed by atoms with van der Waals surface area (Å²) in [6.07, 6.45) is -2.87. The highest BCUT2D eigenvalue weighted by Crippen LogP contribution is 2.39. The van der Waals surface area contributed by atoms with Crippen LogP contribution in [-0.4, -0.2) is 104 Å². The Kier molecular flexibility index (Phi) is 15.0. The molecule has 1 aromatic heterocycles. The fourth-order valence-electron chi connectivity index (χ4n) is 5.22. The van der Waals surface area contributed by atoms with Gasteiger partial charge in [0.2, 0.25) is 0 Å². The molecule has 1 saturated heterocycles. The highest BCUT2D eigenvalue weighted by Gasteiger charge is 2.52. The first kappa shape index (κ1) is 43.3. The quantitative estimate of drug-likeness (QED) is 0.150. The first-order chi connectivity index (χ1) is 24.6. The first-order valence-corrected chi connectivity index (χ1v) is 20.5. The zero-order chi connectivity index (χ0) is 39.7. The van der Waals surface area contributed by atoms with Gasteiger partial charge < -0.3 is 42.9 Å². The van der Waals surface area contributed by atoms with Crippen LogP contribution in [0.15, 0.2) is 30.5 Å². The van der Waals surface area contributed by atoms with Crippen LogP contribution < -0.4 is 10.1 Å². The Morgan fingerprint density at radius 2 is 1.60 bits per heavy atom. The first-order valence-electron chi connectivity index (χ1n) is 17.6. The zero-order valence-corrected chi connectivity index (χ0v) is 33.9. The maximum absolute atomic E-state index is 12.5. The third-order valence-corrected chi connectivity index (χ3v) is 13.3. The number of alkyl carbamates (subject to hydrolysis) is 1. The summed E-state index contributed by atoms with van der Waals surface area (Å²) in [5.74, 6) is -1.30. The number of ether oxygens (including phenoxy) is 7. The molecule has 1 amide bonds. The van der Waals surface area contributed by atoms with Crippen molar-refractivity contribution < 1.29 is 56.8 Å². The molecule has 17 heteroatoms. The van der Waals surface area contributed by atoms with Gasteiger partial charge in [0.05, 0.1) is 19.9 Å². The number of amides is 1. The standard InChI is InChI=1S/C36H56N4O12Si/c1-13-46-33-31(50-23(3)42)30(49-22(2)41)29(28(51-33)21-48-53(11,12)36(7,8)9)40-19-25(38-39-40)20-47-26-16-14-24(15-17-26)18-27(32(43)45-10)37-34(44)52-35(4,5)6/h14-17,19,27-31,33H,13,18,20-21H2,1-12H3,(H,37,44)/t27-,28+,29+,30-,31-,33-/m0/s1. The van der Waals surface area contributed by atoms with Gasteiger partial charge in [-0.05, 0) is 63.5 Å². The van der Waals surface area contributed by atoms with Gasteiger partial charge in [0.25, 0.3) is 0 Å². The number of carbonyl (C=O) groups is 4. The van der Waals surface area contributed by atoms with Gasteiger partial charge in [-0.2, -0.15) is 0 Å². The van der Waals surface area contributed by atoms with Crippen molar-refractivity contribution in [3.05, 3.63) is 41.7 Å². The van der Waals surface area contributed by atoms with Gasteiger partial charge in [0, 0.05) is 26.9 Å². The van der Waals surface area contributed by atoms with E-state index in [1.54, 1.807) is 58.2 Å². The van der Waals surface area contributed by atoms with Gasteiger partial charge in [-0.1, -0.05) is 38.1 Å². The minimum atomic E-state index is -2.27. The number of carbonyl (C=O) groups excluding carboxylic acids is 4. The van der Waals surface area contributed by atoms with Crippen molar-refractivity contribution in [1.29, 1.82) is 0 Å². The van der Waals surface area contributed by atoms with Crippen LogP contribution in [0.25, 0.3) is 0 Å². The molecule has 0 aliphatic carbocycles. The number of nitrogens with zero attached hydrogens (tertiary/aromatic N) is 3. The summed E-state index contributed by atoms with van der Waals surface area (Å²) in [5.41, 5.74) is 0.452. The number of aromatic nitrogens is 3. The minimum absolute atomic E-state index is 0.0240. The van der Waals surface area contributed by atoms with Crippen LogP contribution in [0.2, 0.25) is 18.1 Å². The predicted octanol–water partition coefficient (Wildman–Crippen LogP) is 4.65. The lowest BCUT2D eigenvalue weighted by molar-refractivity contribution is -0.291. The second-order valence-corrected chi connectivity index (χ2v) is 20.1. The summed E-state index contributed by atoms with van der Waals surface area (Å²) in [7, 11) is -1.02. The van der Waals surface area contributed by atoms with E-state index in [2.05, 4.69) is 49.5 Å². The molecule has 296 valence electrons. The molecular weight excluding hydrogens is 708 g/mol. The molecule has 0 saturated carbocycles. The van der Waals surface area contributed by atoms with E-state index in [4.69, 9.17) is 37.6 Å². The minimum Gasteiger partial charge on any atom is -0.487 e. The zero-order valence-electron chi connectivity index (χ0n) is 32.9. The van der Waals surface area contributed by atoms with Crippen molar-refractivity contribution in [3.8, 4) is 5.75 Å². The molecule has 2 heterocycles. The molecule has 53 heavy (non-hydrogen) atoms. The molecule has 6 atom stereocenters. The van der Waals surface area contributed by atoms with Gasteiger partial charge in [-0.25, -0.2) is 14.3 Å². The third kappa shape index (κ3) is 12.8. The Balaban J connectivity index is 1.83. The van der Waals surface area contributed by atoms with Gasteiger partial charge in [-0.3, -0.25) is 9.59 Å². The average molecular weight is 765 g/mol. The fourth-order valence-corrected chi connectivity index (χ4v) is 6.24. The Labute approximate surface area is 312 Å². The molecule has 0 bridgehead atoms. The van der Waals surface area contributed by atoms with Crippen LogP contribution in [-0.2, 0) is 60.3 Å². The van der Waals surface area contributed by atoms with Crippen molar-refractivity contribution in [2.24, 2.45) is 0 Å². The molecule has 1 N–H and O–H groups in total. The van der Waals surface area contributed by atoms with E-state index in [-0.39, 0.29) is 31.3 Å². The Morgan fingerprint density at radius 3 is 2.15 bits per heavy atom. The largest absolute Gasteiger partial charge is 0.487 e. The summed E-state index contributed by atoms with van der Waals surface area (Å²) in [6.45, 7) is 20.5. The van der Waals surface area contributed by atoms with Crippen molar-refractivity contribution >= 4 is 32.3 Å². The second-order valence-electron chi connectivity index (χ2n) is 15.3. The lowest BCUT2D eigenvalue weighted by Gasteiger charge is -2.46. The lowest BCUT2D eigenvalue weighted by atomic mass is 9.95. The Bertz CT molecular complexity index is 1540. The summed E-state index contributed by atoms with van der Waals surface area (Å²) in [4.78, 5) is 49.4. The van der Waals surface area contributed by atoms with Crippen molar-refractivity contribution in [1.82, 2.24) is 20.3 Å². The number of nitrogens with one attached hydrogen (secondary N) is 1. The summed E-state index contributed by atoms with van der Waals surface area (Å²) >= 11 is 0. The topological polar surface area (TPSA) is 185 Å². The van der Waals surface area contributed by atoms with E-state index in [1.165, 1.54) is 25.6 Å².